The van der Waals surface area contributed by atoms with Gasteiger partial charge in [-0.25, -0.2) is 9.97 Å². The largest absolute Gasteiger partial charge is 0.369 e. The lowest BCUT2D eigenvalue weighted by Crippen LogP contribution is -2.43. The van der Waals surface area contributed by atoms with Gasteiger partial charge in [-0.3, -0.25) is 9.48 Å². The van der Waals surface area contributed by atoms with Crippen LogP contribution < -0.4 is 15.5 Å². The third-order valence-corrected chi connectivity index (χ3v) is 5.15. The first kappa shape index (κ1) is 19.4. The Bertz CT molecular complexity index is 1010. The van der Waals surface area contributed by atoms with Crippen molar-refractivity contribution in [2.45, 2.75) is 6.54 Å². The number of carbonyl (C=O) groups is 1. The summed E-state index contributed by atoms with van der Waals surface area (Å²) >= 11 is 0. The van der Waals surface area contributed by atoms with Gasteiger partial charge in [0.2, 0.25) is 0 Å². The van der Waals surface area contributed by atoms with Crippen molar-refractivity contribution in [2.75, 3.05) is 37.6 Å². The number of amides is 1. The number of benzene rings is 1. The molecule has 150 valence electrons. The van der Waals surface area contributed by atoms with Crippen LogP contribution in [-0.2, 0) is 6.54 Å². The average molecular weight is 412 g/mol. The van der Waals surface area contributed by atoms with Crippen LogP contribution in [0.2, 0.25) is 0 Å². The highest BCUT2D eigenvalue weighted by atomic mass is 35.5. The third-order valence-electron chi connectivity index (χ3n) is 5.15. The van der Waals surface area contributed by atoms with Gasteiger partial charge in [0.25, 0.3) is 5.91 Å². The molecule has 0 saturated carbocycles. The maximum Gasteiger partial charge on any atom is 0.269 e. The maximum absolute atomic E-state index is 12.0. The van der Waals surface area contributed by atoms with Gasteiger partial charge in [-0.2, -0.15) is 5.10 Å². The van der Waals surface area contributed by atoms with Crippen molar-refractivity contribution in [2.24, 2.45) is 0 Å². The van der Waals surface area contributed by atoms with E-state index in [1.807, 2.05) is 6.07 Å². The molecule has 0 unspecified atom stereocenters. The van der Waals surface area contributed by atoms with Crippen LogP contribution in [0.25, 0.3) is 22.8 Å². The zero-order valence-corrected chi connectivity index (χ0v) is 16.7. The van der Waals surface area contributed by atoms with Crippen LogP contribution in [0.3, 0.4) is 0 Å². The smallest absolute Gasteiger partial charge is 0.269 e. The molecule has 2 aromatic heterocycles. The summed E-state index contributed by atoms with van der Waals surface area (Å²) in [5, 5.41) is 10.7. The topological polar surface area (TPSA) is 88.0 Å². The average Bonchev–Trinajstić information content (AvgIpc) is 3.21. The van der Waals surface area contributed by atoms with Gasteiger partial charge in [0.1, 0.15) is 11.4 Å². The van der Waals surface area contributed by atoms with Crippen LogP contribution in [0, 0.1) is 0 Å². The molecule has 9 heteroatoms. The van der Waals surface area contributed by atoms with Gasteiger partial charge >= 0.3 is 0 Å². The van der Waals surface area contributed by atoms with Gasteiger partial charge in [0.05, 0.1) is 12.2 Å². The predicted molar refractivity (Wildman–Crippen MR) is 113 cm³/mol. The fraction of sp³-hybridized carbons (Fsp3) is 0.300. The summed E-state index contributed by atoms with van der Waals surface area (Å²) < 4.78 is 1.73. The van der Waals surface area contributed by atoms with Gasteiger partial charge in [-0.1, -0.05) is 0 Å². The van der Waals surface area contributed by atoms with Gasteiger partial charge in [-0.05, 0) is 36.4 Å². The molecule has 0 radical (unpaired) electrons. The Labute approximate surface area is 174 Å². The summed E-state index contributed by atoms with van der Waals surface area (Å²) in [4.78, 5) is 23.4. The summed E-state index contributed by atoms with van der Waals surface area (Å²) in [6.07, 6.45) is 1.74. The first-order chi connectivity index (χ1) is 13.8. The zero-order valence-electron chi connectivity index (χ0n) is 15.8. The number of hydrogen-bond acceptors (Lipinski definition) is 6. The number of anilines is 1. The standard InChI is InChI=1S/C20H21N7O.ClH/c28-20-18-13-17(25-27(18)12-9-23-20)16-5-6-22-19(24-16)14-1-3-15(4-2-14)26-10-7-21-8-11-26;/h1-6,13,21H,7-12H2,(H,23,28);1H. The second-order valence-corrected chi connectivity index (χ2v) is 6.94. The minimum atomic E-state index is -0.0946. The molecule has 8 nitrogen and oxygen atoms in total. The van der Waals surface area contributed by atoms with Crippen LogP contribution in [0.4, 0.5) is 5.69 Å². The molecule has 4 heterocycles. The van der Waals surface area contributed by atoms with Crippen molar-refractivity contribution >= 4 is 24.0 Å². The molecule has 1 aromatic carbocycles. The van der Waals surface area contributed by atoms with Crippen molar-refractivity contribution < 1.29 is 4.79 Å². The van der Waals surface area contributed by atoms with Crippen LogP contribution in [0.1, 0.15) is 10.5 Å². The number of rotatable bonds is 3. The van der Waals surface area contributed by atoms with E-state index in [4.69, 9.17) is 0 Å². The first-order valence-electron chi connectivity index (χ1n) is 9.53. The second kappa shape index (κ2) is 8.18. The van der Waals surface area contributed by atoms with Crippen molar-refractivity contribution in [3.8, 4) is 22.8 Å². The monoisotopic (exact) mass is 411 g/mol. The molecular formula is C20H22ClN7O. The van der Waals surface area contributed by atoms with E-state index < -0.39 is 0 Å². The molecule has 2 aliphatic rings. The summed E-state index contributed by atoms with van der Waals surface area (Å²) in [5.41, 5.74) is 4.15. The molecule has 0 spiro atoms. The summed E-state index contributed by atoms with van der Waals surface area (Å²) in [5.74, 6) is 0.558. The molecule has 3 aromatic rings. The van der Waals surface area contributed by atoms with Crippen molar-refractivity contribution in [3.63, 3.8) is 0 Å². The van der Waals surface area contributed by atoms with E-state index in [1.54, 1.807) is 16.9 Å². The number of nitrogens with zero attached hydrogens (tertiary/aromatic N) is 5. The van der Waals surface area contributed by atoms with Gasteiger partial charge in [-0.15, -0.1) is 12.4 Å². The fourth-order valence-electron chi connectivity index (χ4n) is 3.65. The minimum Gasteiger partial charge on any atom is -0.369 e. The number of hydrogen-bond donors (Lipinski definition) is 2. The molecule has 2 N–H and O–H groups in total. The molecular weight excluding hydrogens is 390 g/mol. The van der Waals surface area contributed by atoms with Crippen LogP contribution >= 0.6 is 12.4 Å². The van der Waals surface area contributed by atoms with E-state index in [1.165, 1.54) is 5.69 Å². The highest BCUT2D eigenvalue weighted by molar-refractivity contribution is 5.94. The lowest BCUT2D eigenvalue weighted by atomic mass is 10.1. The molecule has 1 amide bonds. The molecule has 0 atom stereocenters. The van der Waals surface area contributed by atoms with Crippen LogP contribution in [-0.4, -0.2) is 58.4 Å². The number of carbonyl (C=O) groups excluding carboxylic acids is 1. The predicted octanol–water partition coefficient (Wildman–Crippen LogP) is 1.58. The number of aromatic nitrogens is 4. The Balaban J connectivity index is 0.00000205. The highest BCUT2D eigenvalue weighted by Gasteiger charge is 2.20. The summed E-state index contributed by atoms with van der Waals surface area (Å²) in [6, 6.07) is 12.0. The quantitative estimate of drug-likeness (QED) is 0.680. The number of halogens is 1. The molecule has 5 rings (SSSR count). The third kappa shape index (κ3) is 3.81. The van der Waals surface area contributed by atoms with Gasteiger partial charge < -0.3 is 15.5 Å². The molecule has 1 saturated heterocycles. The molecule has 0 aliphatic carbocycles. The summed E-state index contributed by atoms with van der Waals surface area (Å²) in [7, 11) is 0. The molecule has 0 bridgehead atoms. The van der Waals surface area contributed by atoms with E-state index in [2.05, 4.69) is 54.9 Å². The van der Waals surface area contributed by atoms with E-state index in [-0.39, 0.29) is 18.3 Å². The summed E-state index contributed by atoms with van der Waals surface area (Å²) in [6.45, 7) is 5.33. The Kier molecular flexibility index (Phi) is 5.46. The second-order valence-electron chi connectivity index (χ2n) is 6.94. The van der Waals surface area contributed by atoms with Gasteiger partial charge in [0, 0.05) is 50.2 Å². The SMILES string of the molecule is Cl.O=C1NCCn2nc(-c3ccnc(-c4ccc(N5CCNCC5)cc4)n3)cc21. The van der Waals surface area contributed by atoms with Crippen molar-refractivity contribution in [3.05, 3.63) is 48.3 Å². The van der Waals surface area contributed by atoms with Gasteiger partial charge in [0.15, 0.2) is 5.82 Å². The van der Waals surface area contributed by atoms with Crippen molar-refractivity contribution in [1.29, 1.82) is 0 Å². The van der Waals surface area contributed by atoms with Crippen LogP contribution in [0.15, 0.2) is 42.6 Å². The number of piperazine rings is 1. The Hall–Kier alpha value is -2.97. The Morgan fingerprint density at radius 3 is 2.48 bits per heavy atom. The van der Waals surface area contributed by atoms with E-state index in [0.717, 1.165) is 31.7 Å². The number of fused-ring (bicyclic) bond motifs is 1. The Morgan fingerprint density at radius 1 is 0.931 bits per heavy atom. The maximum atomic E-state index is 12.0. The lowest BCUT2D eigenvalue weighted by molar-refractivity contribution is 0.0924. The zero-order chi connectivity index (χ0) is 18.9. The van der Waals surface area contributed by atoms with E-state index in [9.17, 15) is 4.79 Å². The highest BCUT2D eigenvalue weighted by Crippen LogP contribution is 2.24. The first-order valence-corrected chi connectivity index (χ1v) is 9.53. The van der Waals surface area contributed by atoms with Crippen molar-refractivity contribution in [1.82, 2.24) is 30.4 Å². The number of nitrogens with one attached hydrogen (secondary N) is 2. The molecule has 1 fully saturated rings. The molecule has 29 heavy (non-hydrogen) atoms. The fourth-order valence-corrected chi connectivity index (χ4v) is 3.65. The van der Waals surface area contributed by atoms with E-state index >= 15 is 0 Å². The Morgan fingerprint density at radius 2 is 1.72 bits per heavy atom. The lowest BCUT2D eigenvalue weighted by Gasteiger charge is -2.29. The van der Waals surface area contributed by atoms with E-state index in [0.29, 0.717) is 36.0 Å². The normalized spacial score (nSPS) is 16.0. The molecule has 2 aliphatic heterocycles. The minimum absolute atomic E-state index is 0. The van der Waals surface area contributed by atoms with Crippen LogP contribution in [0.5, 0.6) is 0 Å².